The number of nitrogens with one attached hydrogen (secondary N) is 1. The summed E-state index contributed by atoms with van der Waals surface area (Å²) in [5, 5.41) is 1.67. The van der Waals surface area contributed by atoms with Crippen LogP contribution in [0.5, 0.6) is 0 Å². The third kappa shape index (κ3) is 3.70. The Morgan fingerprint density at radius 1 is 0.833 bits per heavy atom. The molecule has 3 aromatic rings. The van der Waals surface area contributed by atoms with E-state index < -0.39 is 12.1 Å². The van der Waals surface area contributed by atoms with Crippen LogP contribution in [0.1, 0.15) is 15.9 Å². The summed E-state index contributed by atoms with van der Waals surface area (Å²) >= 11 is 0. The number of hydroxylamine groups is 1. The fourth-order valence-corrected chi connectivity index (χ4v) is 2.30. The monoisotopic (exact) mass is 321 g/mol. The summed E-state index contributed by atoms with van der Waals surface area (Å²) in [7, 11) is 0. The van der Waals surface area contributed by atoms with Crippen molar-refractivity contribution in [2.75, 3.05) is 0 Å². The maximum absolute atomic E-state index is 12.1. The van der Waals surface area contributed by atoms with Gasteiger partial charge in [-0.05, 0) is 22.4 Å². The maximum atomic E-state index is 12.1. The van der Waals surface area contributed by atoms with Crippen LogP contribution in [0.4, 0.5) is 4.79 Å². The molecule has 0 spiro atoms. The van der Waals surface area contributed by atoms with Crippen molar-refractivity contribution in [1.29, 1.82) is 0 Å². The topological polar surface area (TPSA) is 64.6 Å². The van der Waals surface area contributed by atoms with Gasteiger partial charge in [-0.2, -0.15) is 0 Å². The van der Waals surface area contributed by atoms with Gasteiger partial charge in [0.05, 0.1) is 5.56 Å². The van der Waals surface area contributed by atoms with Crippen LogP contribution in [0.25, 0.3) is 10.8 Å². The number of carbonyl (C=O) groups excluding carboxylic acids is 2. The molecule has 1 amide bonds. The molecule has 0 aromatic heterocycles. The normalized spacial score (nSPS) is 10.2. The number of hydrogen-bond acceptors (Lipinski definition) is 4. The maximum Gasteiger partial charge on any atom is 0.441 e. The number of benzene rings is 3. The molecule has 0 radical (unpaired) electrons. The molecule has 0 aliphatic heterocycles. The number of hydrogen-bond donors (Lipinski definition) is 1. The summed E-state index contributed by atoms with van der Waals surface area (Å²) in [5.41, 5.74) is 3.22. The highest BCUT2D eigenvalue weighted by Gasteiger charge is 2.13. The number of carbonyl (C=O) groups is 2. The highest BCUT2D eigenvalue weighted by Crippen LogP contribution is 2.18. The minimum Gasteiger partial charge on any atom is -0.443 e. The van der Waals surface area contributed by atoms with Crippen LogP contribution in [0, 0.1) is 0 Å². The van der Waals surface area contributed by atoms with Crippen molar-refractivity contribution >= 4 is 22.8 Å². The minimum atomic E-state index is -0.826. The Kier molecular flexibility index (Phi) is 4.72. The lowest BCUT2D eigenvalue weighted by Crippen LogP contribution is -2.27. The van der Waals surface area contributed by atoms with Crippen molar-refractivity contribution < 1.29 is 19.2 Å². The molecule has 0 saturated carbocycles. The van der Waals surface area contributed by atoms with E-state index in [1.54, 1.807) is 12.1 Å². The average Bonchev–Trinajstić information content (AvgIpc) is 2.64. The lowest BCUT2D eigenvalue weighted by molar-refractivity contribution is 0.0199. The quantitative estimate of drug-likeness (QED) is 0.744. The van der Waals surface area contributed by atoms with Crippen LogP contribution in [-0.4, -0.2) is 12.1 Å². The molecule has 0 aliphatic carbocycles. The van der Waals surface area contributed by atoms with Crippen LogP contribution in [-0.2, 0) is 16.2 Å². The first-order chi connectivity index (χ1) is 11.7. The van der Waals surface area contributed by atoms with Crippen molar-refractivity contribution in [2.24, 2.45) is 0 Å². The zero-order chi connectivity index (χ0) is 16.8. The van der Waals surface area contributed by atoms with E-state index in [1.807, 2.05) is 66.1 Å². The number of ether oxygens (including phenoxy) is 1. The fraction of sp³-hybridized carbons (Fsp3) is 0.0526. The molecular weight excluding hydrogens is 306 g/mol. The second-order valence-corrected chi connectivity index (χ2v) is 5.08. The summed E-state index contributed by atoms with van der Waals surface area (Å²) in [6, 6.07) is 21.9. The smallest absolute Gasteiger partial charge is 0.441 e. The predicted octanol–water partition coefficient (Wildman–Crippen LogP) is 3.84. The molecule has 0 heterocycles. The summed E-state index contributed by atoms with van der Waals surface area (Å²) in [5.74, 6) is -0.650. The van der Waals surface area contributed by atoms with Crippen LogP contribution in [0.3, 0.4) is 0 Å². The highest BCUT2D eigenvalue weighted by atomic mass is 16.7. The number of fused-ring (bicyclic) bond motifs is 1. The molecule has 0 aliphatic rings. The van der Waals surface area contributed by atoms with E-state index in [0.717, 1.165) is 16.3 Å². The molecular formula is C19H15NO4. The van der Waals surface area contributed by atoms with Gasteiger partial charge in [-0.1, -0.05) is 66.7 Å². The van der Waals surface area contributed by atoms with Gasteiger partial charge in [0.25, 0.3) is 0 Å². The molecule has 3 rings (SSSR count). The second-order valence-electron chi connectivity index (χ2n) is 5.08. The van der Waals surface area contributed by atoms with Crippen LogP contribution >= 0.6 is 0 Å². The van der Waals surface area contributed by atoms with Crippen molar-refractivity contribution in [3.8, 4) is 0 Å². The number of rotatable bonds is 3. The Bertz CT molecular complexity index is 856. The van der Waals surface area contributed by atoms with Gasteiger partial charge >= 0.3 is 12.1 Å². The summed E-state index contributed by atoms with van der Waals surface area (Å²) < 4.78 is 4.97. The molecule has 0 atom stereocenters. The van der Waals surface area contributed by atoms with Gasteiger partial charge in [0.15, 0.2) is 0 Å². The standard InChI is InChI=1S/C19H15NO4/c21-18(17-12-6-10-15-9-4-5-11-16(15)17)24-20-19(22)23-13-14-7-2-1-3-8-14/h1-12H,13H2,(H,20,22). The molecule has 24 heavy (non-hydrogen) atoms. The molecule has 0 bridgehead atoms. The summed E-state index contributed by atoms with van der Waals surface area (Å²) in [4.78, 5) is 28.6. The Labute approximate surface area is 138 Å². The van der Waals surface area contributed by atoms with E-state index in [-0.39, 0.29) is 6.61 Å². The zero-order valence-corrected chi connectivity index (χ0v) is 12.8. The van der Waals surface area contributed by atoms with E-state index in [1.165, 1.54) is 0 Å². The van der Waals surface area contributed by atoms with Gasteiger partial charge in [-0.25, -0.2) is 9.59 Å². The van der Waals surface area contributed by atoms with Crippen LogP contribution in [0.2, 0.25) is 0 Å². The molecule has 5 nitrogen and oxygen atoms in total. The van der Waals surface area contributed by atoms with E-state index >= 15 is 0 Å². The van der Waals surface area contributed by atoms with Crippen molar-refractivity contribution in [2.45, 2.75) is 6.61 Å². The molecule has 0 saturated heterocycles. The first-order valence-corrected chi connectivity index (χ1v) is 7.39. The van der Waals surface area contributed by atoms with Gasteiger partial charge in [0, 0.05) is 0 Å². The third-order valence-electron chi connectivity index (χ3n) is 3.45. The Morgan fingerprint density at radius 2 is 1.54 bits per heavy atom. The predicted molar refractivity (Wildman–Crippen MR) is 89.1 cm³/mol. The van der Waals surface area contributed by atoms with Crippen LogP contribution in [0.15, 0.2) is 72.8 Å². The zero-order valence-electron chi connectivity index (χ0n) is 12.8. The molecule has 120 valence electrons. The van der Waals surface area contributed by atoms with Gasteiger partial charge in [0.2, 0.25) is 0 Å². The third-order valence-corrected chi connectivity index (χ3v) is 3.45. The minimum absolute atomic E-state index is 0.0957. The highest BCUT2D eigenvalue weighted by molar-refractivity contribution is 6.04. The fourth-order valence-electron chi connectivity index (χ4n) is 2.30. The molecule has 1 N–H and O–H groups in total. The Morgan fingerprint density at radius 3 is 2.38 bits per heavy atom. The van der Waals surface area contributed by atoms with E-state index in [4.69, 9.17) is 9.57 Å². The first-order valence-electron chi connectivity index (χ1n) is 7.39. The van der Waals surface area contributed by atoms with Crippen molar-refractivity contribution in [3.63, 3.8) is 0 Å². The van der Waals surface area contributed by atoms with Crippen molar-refractivity contribution in [1.82, 2.24) is 5.48 Å². The van der Waals surface area contributed by atoms with E-state index in [0.29, 0.717) is 5.56 Å². The number of amides is 1. The molecule has 0 unspecified atom stereocenters. The summed E-state index contributed by atoms with van der Waals surface area (Å²) in [6.45, 7) is 0.0957. The van der Waals surface area contributed by atoms with Gasteiger partial charge < -0.3 is 9.57 Å². The lowest BCUT2D eigenvalue weighted by Gasteiger charge is -2.08. The molecule has 0 fully saturated rings. The molecule has 3 aromatic carbocycles. The lowest BCUT2D eigenvalue weighted by atomic mass is 10.1. The summed E-state index contributed by atoms with van der Waals surface area (Å²) in [6.07, 6.45) is -0.826. The average molecular weight is 321 g/mol. The first kappa shape index (κ1) is 15.6. The largest absolute Gasteiger partial charge is 0.443 e. The van der Waals surface area contributed by atoms with Crippen LogP contribution < -0.4 is 5.48 Å². The van der Waals surface area contributed by atoms with Gasteiger partial charge in [-0.15, -0.1) is 5.48 Å². The second kappa shape index (κ2) is 7.28. The Hall–Kier alpha value is -3.34. The van der Waals surface area contributed by atoms with E-state index in [9.17, 15) is 9.59 Å². The van der Waals surface area contributed by atoms with E-state index in [2.05, 4.69) is 0 Å². The van der Waals surface area contributed by atoms with Gasteiger partial charge in [-0.3, -0.25) is 0 Å². The molecule has 5 heteroatoms. The van der Waals surface area contributed by atoms with Gasteiger partial charge in [0.1, 0.15) is 6.61 Å². The van der Waals surface area contributed by atoms with Crippen molar-refractivity contribution in [3.05, 3.63) is 83.9 Å². The SMILES string of the molecule is O=C(NOC(=O)c1cccc2ccccc12)OCc1ccccc1. The Balaban J connectivity index is 1.58.